The number of hydrogen-bond donors (Lipinski definition) is 1. The largest absolute Gasteiger partial charge is 0.308 e. The van der Waals surface area contributed by atoms with Crippen molar-refractivity contribution in [3.63, 3.8) is 0 Å². The van der Waals surface area contributed by atoms with Crippen LogP contribution in [0.1, 0.15) is 38.8 Å². The summed E-state index contributed by atoms with van der Waals surface area (Å²) >= 11 is 0. The fourth-order valence-electron chi connectivity index (χ4n) is 3.76. The summed E-state index contributed by atoms with van der Waals surface area (Å²) in [5, 5.41) is 9.69. The van der Waals surface area contributed by atoms with Crippen LogP contribution < -0.4 is 5.32 Å². The molecule has 0 radical (unpaired) electrons. The summed E-state index contributed by atoms with van der Waals surface area (Å²) in [6.45, 7) is 5.60. The van der Waals surface area contributed by atoms with Crippen molar-refractivity contribution in [2.75, 3.05) is 0 Å². The molecule has 1 heterocycles. The number of benzene rings is 1. The Morgan fingerprint density at radius 1 is 1.30 bits per heavy atom. The van der Waals surface area contributed by atoms with Gasteiger partial charge in [0.25, 0.3) is 0 Å². The van der Waals surface area contributed by atoms with Crippen LogP contribution in [0.5, 0.6) is 0 Å². The van der Waals surface area contributed by atoms with Gasteiger partial charge in [-0.1, -0.05) is 38.5 Å². The van der Waals surface area contributed by atoms with E-state index in [2.05, 4.69) is 48.5 Å². The third-order valence-electron chi connectivity index (χ3n) is 5.12. The standard InChI is InChI=1S/C17H25N3/c1-4-13-9-10-15(12(13)2)18-11-16-14-7-5-6-8-17(14)20(3)19-16/h5-8,12-13,15,18H,4,9-11H2,1-3H3. The van der Waals surface area contributed by atoms with Crippen molar-refractivity contribution in [2.24, 2.45) is 18.9 Å². The normalized spacial score (nSPS) is 26.4. The Kier molecular flexibility index (Phi) is 3.79. The van der Waals surface area contributed by atoms with E-state index < -0.39 is 0 Å². The molecule has 1 fully saturated rings. The van der Waals surface area contributed by atoms with E-state index in [1.807, 2.05) is 11.7 Å². The molecule has 3 atom stereocenters. The van der Waals surface area contributed by atoms with Gasteiger partial charge in [0, 0.05) is 25.0 Å². The summed E-state index contributed by atoms with van der Waals surface area (Å²) < 4.78 is 1.99. The molecule has 0 bridgehead atoms. The summed E-state index contributed by atoms with van der Waals surface area (Å²) in [5.41, 5.74) is 2.39. The maximum absolute atomic E-state index is 4.67. The van der Waals surface area contributed by atoms with E-state index >= 15 is 0 Å². The lowest BCUT2D eigenvalue weighted by Crippen LogP contribution is -2.32. The molecule has 1 aliphatic rings. The number of para-hydroxylation sites is 1. The lowest BCUT2D eigenvalue weighted by Gasteiger charge is -2.20. The van der Waals surface area contributed by atoms with E-state index in [9.17, 15) is 0 Å². The Morgan fingerprint density at radius 3 is 2.85 bits per heavy atom. The van der Waals surface area contributed by atoms with Gasteiger partial charge in [0.1, 0.15) is 0 Å². The van der Waals surface area contributed by atoms with Crippen LogP contribution in [0.3, 0.4) is 0 Å². The van der Waals surface area contributed by atoms with Crippen molar-refractivity contribution in [3.05, 3.63) is 30.0 Å². The molecule has 1 aromatic carbocycles. The summed E-state index contributed by atoms with van der Waals surface area (Å²) in [7, 11) is 2.02. The number of aromatic nitrogens is 2. The van der Waals surface area contributed by atoms with Crippen molar-refractivity contribution in [2.45, 2.75) is 45.7 Å². The van der Waals surface area contributed by atoms with E-state index in [0.29, 0.717) is 6.04 Å². The molecule has 1 N–H and O–H groups in total. The zero-order valence-corrected chi connectivity index (χ0v) is 12.8. The highest BCUT2D eigenvalue weighted by atomic mass is 15.3. The second-order valence-electron chi connectivity index (χ2n) is 6.18. The Hall–Kier alpha value is -1.35. The smallest absolute Gasteiger partial charge is 0.0841 e. The topological polar surface area (TPSA) is 29.9 Å². The number of nitrogens with zero attached hydrogens (tertiary/aromatic N) is 2. The first-order valence-electron chi connectivity index (χ1n) is 7.84. The zero-order chi connectivity index (χ0) is 14.1. The molecule has 0 amide bonds. The quantitative estimate of drug-likeness (QED) is 0.922. The number of fused-ring (bicyclic) bond motifs is 1. The van der Waals surface area contributed by atoms with Crippen LogP contribution in [0.4, 0.5) is 0 Å². The molecule has 2 aromatic rings. The molecule has 108 valence electrons. The van der Waals surface area contributed by atoms with Crippen molar-refractivity contribution < 1.29 is 0 Å². The molecule has 3 rings (SSSR count). The highest BCUT2D eigenvalue weighted by molar-refractivity contribution is 5.81. The Bertz CT molecular complexity index is 587. The number of nitrogens with one attached hydrogen (secondary N) is 1. The van der Waals surface area contributed by atoms with Crippen LogP contribution in [-0.4, -0.2) is 15.8 Å². The SMILES string of the molecule is CCC1CCC(NCc2nn(C)c3ccccc23)C1C. The third kappa shape index (κ3) is 2.35. The number of hydrogen-bond acceptors (Lipinski definition) is 2. The molecular weight excluding hydrogens is 246 g/mol. The highest BCUT2D eigenvalue weighted by Crippen LogP contribution is 2.34. The minimum atomic E-state index is 0.653. The van der Waals surface area contributed by atoms with Gasteiger partial charge in [-0.3, -0.25) is 4.68 Å². The van der Waals surface area contributed by atoms with Crippen LogP contribution in [0.2, 0.25) is 0 Å². The Balaban J connectivity index is 1.72. The van der Waals surface area contributed by atoms with Crippen LogP contribution in [-0.2, 0) is 13.6 Å². The summed E-state index contributed by atoms with van der Waals surface area (Å²) in [5.74, 6) is 1.68. The second kappa shape index (κ2) is 5.57. The molecule has 3 nitrogen and oxygen atoms in total. The van der Waals surface area contributed by atoms with Gasteiger partial charge in [0.2, 0.25) is 0 Å². The molecule has 1 saturated carbocycles. The summed E-state index contributed by atoms with van der Waals surface area (Å²) in [6.07, 6.45) is 3.99. The van der Waals surface area contributed by atoms with E-state index in [4.69, 9.17) is 0 Å². The van der Waals surface area contributed by atoms with E-state index in [-0.39, 0.29) is 0 Å². The van der Waals surface area contributed by atoms with Crippen molar-refractivity contribution in [3.8, 4) is 0 Å². The molecule has 1 aromatic heterocycles. The van der Waals surface area contributed by atoms with Crippen molar-refractivity contribution >= 4 is 10.9 Å². The molecule has 0 spiro atoms. The highest BCUT2D eigenvalue weighted by Gasteiger charge is 2.31. The molecule has 0 aliphatic heterocycles. The van der Waals surface area contributed by atoms with Crippen molar-refractivity contribution in [1.82, 2.24) is 15.1 Å². The molecule has 3 heteroatoms. The van der Waals surface area contributed by atoms with Crippen LogP contribution in [0.25, 0.3) is 10.9 Å². The Labute approximate surface area is 121 Å². The van der Waals surface area contributed by atoms with Gasteiger partial charge in [0.15, 0.2) is 0 Å². The van der Waals surface area contributed by atoms with Crippen molar-refractivity contribution in [1.29, 1.82) is 0 Å². The molecule has 20 heavy (non-hydrogen) atoms. The minimum absolute atomic E-state index is 0.653. The molecule has 1 aliphatic carbocycles. The van der Waals surface area contributed by atoms with E-state index in [1.165, 1.54) is 35.9 Å². The van der Waals surface area contributed by atoms with E-state index in [1.54, 1.807) is 0 Å². The van der Waals surface area contributed by atoms with Gasteiger partial charge in [-0.15, -0.1) is 0 Å². The zero-order valence-electron chi connectivity index (χ0n) is 12.8. The number of aryl methyl sites for hydroxylation is 1. The van der Waals surface area contributed by atoms with E-state index in [0.717, 1.165) is 18.4 Å². The predicted octanol–water partition coefficient (Wildman–Crippen LogP) is 3.49. The monoisotopic (exact) mass is 271 g/mol. The first-order chi connectivity index (χ1) is 9.70. The van der Waals surface area contributed by atoms with Gasteiger partial charge >= 0.3 is 0 Å². The molecule has 3 unspecified atom stereocenters. The van der Waals surface area contributed by atoms with Gasteiger partial charge in [-0.25, -0.2) is 0 Å². The first-order valence-corrected chi connectivity index (χ1v) is 7.84. The average molecular weight is 271 g/mol. The summed E-state index contributed by atoms with van der Waals surface area (Å²) in [4.78, 5) is 0. The maximum Gasteiger partial charge on any atom is 0.0841 e. The van der Waals surface area contributed by atoms with Crippen LogP contribution in [0, 0.1) is 11.8 Å². The fraction of sp³-hybridized carbons (Fsp3) is 0.588. The lowest BCUT2D eigenvalue weighted by molar-refractivity contribution is 0.343. The molecule has 0 saturated heterocycles. The average Bonchev–Trinajstić information content (AvgIpc) is 2.98. The van der Waals surface area contributed by atoms with Gasteiger partial charge in [-0.2, -0.15) is 5.10 Å². The lowest BCUT2D eigenvalue weighted by atomic mass is 9.93. The predicted molar refractivity (Wildman–Crippen MR) is 83.5 cm³/mol. The minimum Gasteiger partial charge on any atom is -0.308 e. The fourth-order valence-corrected chi connectivity index (χ4v) is 3.76. The van der Waals surface area contributed by atoms with Gasteiger partial charge < -0.3 is 5.32 Å². The Morgan fingerprint density at radius 2 is 2.10 bits per heavy atom. The molecular formula is C17H25N3. The van der Waals surface area contributed by atoms with Crippen LogP contribution in [0.15, 0.2) is 24.3 Å². The first kappa shape index (κ1) is 13.6. The van der Waals surface area contributed by atoms with Gasteiger partial charge in [0.05, 0.1) is 11.2 Å². The second-order valence-corrected chi connectivity index (χ2v) is 6.18. The number of rotatable bonds is 4. The van der Waals surface area contributed by atoms with Crippen LogP contribution >= 0.6 is 0 Å². The third-order valence-corrected chi connectivity index (χ3v) is 5.12. The maximum atomic E-state index is 4.67. The van der Waals surface area contributed by atoms with Gasteiger partial charge in [-0.05, 0) is 30.7 Å². The summed E-state index contributed by atoms with van der Waals surface area (Å²) in [6, 6.07) is 9.13.